The summed E-state index contributed by atoms with van der Waals surface area (Å²) in [5.74, 6) is -0.894. The maximum absolute atomic E-state index is 13.9. The number of hydrogen-bond donors (Lipinski definition) is 1. The molecule has 0 saturated heterocycles. The number of nitrogens with zero attached hydrogens (tertiary/aromatic N) is 2. The summed E-state index contributed by atoms with van der Waals surface area (Å²) in [6.07, 6.45) is 5.68. The molecule has 42 heavy (non-hydrogen) atoms. The second-order valence-electron chi connectivity index (χ2n) is 10.8. The molecule has 7 nitrogen and oxygen atoms in total. The van der Waals surface area contributed by atoms with Crippen LogP contribution in [0.25, 0.3) is 0 Å². The van der Waals surface area contributed by atoms with Crippen molar-refractivity contribution >= 4 is 43.5 Å². The second-order valence-corrected chi connectivity index (χ2v) is 13.6. The highest BCUT2D eigenvalue weighted by molar-refractivity contribution is 9.10. The molecule has 1 N–H and O–H groups in total. The Hall–Kier alpha value is -3.24. The topological polar surface area (TPSA) is 86.8 Å². The number of hydrogen-bond acceptors (Lipinski definition) is 4. The van der Waals surface area contributed by atoms with E-state index in [0.717, 1.165) is 47.5 Å². The van der Waals surface area contributed by atoms with Crippen LogP contribution in [0.3, 0.4) is 0 Å². The van der Waals surface area contributed by atoms with Crippen molar-refractivity contribution in [3.05, 3.63) is 100 Å². The molecule has 3 aromatic rings. The van der Waals surface area contributed by atoms with Gasteiger partial charge >= 0.3 is 0 Å². The molecule has 0 radical (unpaired) electrons. The zero-order valence-electron chi connectivity index (χ0n) is 23.7. The van der Waals surface area contributed by atoms with Crippen molar-refractivity contribution in [1.29, 1.82) is 0 Å². The number of benzene rings is 3. The Kier molecular flexibility index (Phi) is 11.2. The number of anilines is 1. The maximum Gasteiger partial charge on any atom is 0.243 e. The van der Waals surface area contributed by atoms with Crippen LogP contribution in [0.4, 0.5) is 10.1 Å². The Bertz CT molecular complexity index is 1450. The van der Waals surface area contributed by atoms with Gasteiger partial charge in [-0.25, -0.2) is 12.8 Å². The maximum atomic E-state index is 13.9. The predicted molar refractivity (Wildman–Crippen MR) is 167 cm³/mol. The lowest BCUT2D eigenvalue weighted by Crippen LogP contribution is -2.52. The van der Waals surface area contributed by atoms with Gasteiger partial charge in [0.25, 0.3) is 0 Å². The third-order valence-electron chi connectivity index (χ3n) is 7.48. The molecule has 4 rings (SSSR count). The molecule has 0 heterocycles. The van der Waals surface area contributed by atoms with Crippen LogP contribution in [-0.4, -0.2) is 50.0 Å². The second kappa shape index (κ2) is 14.8. The SMILES string of the molecule is CS(=O)(=O)N(CCCC(=O)N(Cc1cccc(Br)c1)[C@H](Cc1ccccc1)C(=O)NC1CCCC1)c1ccc(F)cc1. The van der Waals surface area contributed by atoms with E-state index < -0.39 is 21.9 Å². The average Bonchev–Trinajstić information content (AvgIpc) is 3.46. The van der Waals surface area contributed by atoms with Crippen molar-refractivity contribution in [2.45, 2.75) is 63.6 Å². The number of sulfonamides is 1. The molecule has 0 aromatic heterocycles. The summed E-state index contributed by atoms with van der Waals surface area (Å²) in [7, 11) is -3.67. The lowest BCUT2D eigenvalue weighted by molar-refractivity contribution is -0.141. The van der Waals surface area contributed by atoms with Crippen LogP contribution in [0.1, 0.15) is 49.7 Å². The summed E-state index contributed by atoms with van der Waals surface area (Å²) < 4.78 is 40.6. The van der Waals surface area contributed by atoms with Gasteiger partial charge in [0.1, 0.15) is 11.9 Å². The Morgan fingerprint density at radius 2 is 1.64 bits per heavy atom. The van der Waals surface area contributed by atoms with Crippen LogP contribution in [0.15, 0.2) is 83.3 Å². The normalized spacial score (nSPS) is 14.4. The van der Waals surface area contributed by atoms with E-state index >= 15 is 0 Å². The van der Waals surface area contributed by atoms with E-state index in [-0.39, 0.29) is 43.8 Å². The first-order chi connectivity index (χ1) is 20.1. The number of carbonyl (C=O) groups excluding carboxylic acids is 2. The zero-order valence-corrected chi connectivity index (χ0v) is 26.1. The summed E-state index contributed by atoms with van der Waals surface area (Å²) >= 11 is 3.50. The van der Waals surface area contributed by atoms with Gasteiger partial charge in [-0.3, -0.25) is 13.9 Å². The van der Waals surface area contributed by atoms with E-state index in [4.69, 9.17) is 0 Å². The minimum absolute atomic E-state index is 0.0310. The number of carbonyl (C=O) groups is 2. The smallest absolute Gasteiger partial charge is 0.243 e. The number of rotatable bonds is 13. The number of nitrogens with one attached hydrogen (secondary N) is 1. The van der Waals surface area contributed by atoms with Crippen LogP contribution < -0.4 is 9.62 Å². The van der Waals surface area contributed by atoms with Crippen molar-refractivity contribution in [2.24, 2.45) is 0 Å². The third-order valence-corrected chi connectivity index (χ3v) is 9.17. The summed E-state index contributed by atoms with van der Waals surface area (Å²) in [6.45, 7) is 0.264. The van der Waals surface area contributed by atoms with Gasteiger partial charge in [0, 0.05) is 36.4 Å². The molecule has 10 heteroatoms. The van der Waals surface area contributed by atoms with Crippen LogP contribution >= 0.6 is 15.9 Å². The van der Waals surface area contributed by atoms with Crippen LogP contribution in [0.2, 0.25) is 0 Å². The lowest BCUT2D eigenvalue weighted by Gasteiger charge is -2.33. The van der Waals surface area contributed by atoms with E-state index in [1.54, 1.807) is 4.90 Å². The molecule has 1 atom stereocenters. The molecule has 0 spiro atoms. The first-order valence-corrected chi connectivity index (χ1v) is 16.9. The van der Waals surface area contributed by atoms with Crippen LogP contribution in [0, 0.1) is 5.82 Å². The number of amides is 2. The molecule has 0 bridgehead atoms. The Morgan fingerprint density at radius 3 is 2.29 bits per heavy atom. The van der Waals surface area contributed by atoms with E-state index in [1.165, 1.54) is 28.6 Å². The Morgan fingerprint density at radius 1 is 0.976 bits per heavy atom. The van der Waals surface area contributed by atoms with Gasteiger partial charge in [-0.2, -0.15) is 0 Å². The molecular formula is C32H37BrFN3O4S. The first kappa shape index (κ1) is 31.7. The van der Waals surface area contributed by atoms with Gasteiger partial charge in [0.15, 0.2) is 0 Å². The lowest BCUT2D eigenvalue weighted by atomic mass is 10.0. The molecule has 224 valence electrons. The first-order valence-electron chi connectivity index (χ1n) is 14.2. The minimum Gasteiger partial charge on any atom is -0.352 e. The molecule has 1 aliphatic carbocycles. The van der Waals surface area contributed by atoms with Crippen molar-refractivity contribution in [1.82, 2.24) is 10.2 Å². The fraction of sp³-hybridized carbons (Fsp3) is 0.375. The summed E-state index contributed by atoms with van der Waals surface area (Å²) in [6, 6.07) is 21.8. The van der Waals surface area contributed by atoms with E-state index in [2.05, 4.69) is 21.2 Å². The molecule has 2 amide bonds. The standard InChI is InChI=1S/C32H37BrFN3O4S/c1-42(40,41)37(29-18-16-27(34)17-19-29)20-8-15-31(38)36(23-25-11-7-12-26(33)21-25)30(22-24-9-3-2-4-10-24)32(39)35-28-13-5-6-14-28/h2-4,7,9-12,16-19,21,28,30H,5-6,8,13-15,20,22-23H2,1H3,(H,35,39)/t30-/m1/s1. The molecule has 0 aliphatic heterocycles. The van der Waals surface area contributed by atoms with Crippen LogP contribution in [-0.2, 0) is 32.6 Å². The van der Waals surface area contributed by atoms with Crippen molar-refractivity contribution in [2.75, 3.05) is 17.1 Å². The summed E-state index contributed by atoms with van der Waals surface area (Å²) in [5.41, 5.74) is 2.14. The monoisotopic (exact) mass is 657 g/mol. The van der Waals surface area contributed by atoms with Crippen molar-refractivity contribution in [3.8, 4) is 0 Å². The molecule has 3 aromatic carbocycles. The molecule has 1 aliphatic rings. The van der Waals surface area contributed by atoms with E-state index in [0.29, 0.717) is 12.1 Å². The summed E-state index contributed by atoms with van der Waals surface area (Å²) in [4.78, 5) is 29.4. The summed E-state index contributed by atoms with van der Waals surface area (Å²) in [5, 5.41) is 3.19. The largest absolute Gasteiger partial charge is 0.352 e. The van der Waals surface area contributed by atoms with Gasteiger partial charge in [-0.1, -0.05) is 71.2 Å². The fourth-order valence-corrected chi connectivity index (χ4v) is 6.78. The van der Waals surface area contributed by atoms with Gasteiger partial charge in [0.2, 0.25) is 21.8 Å². The number of halogens is 2. The molecule has 0 unspecified atom stereocenters. The molecule has 1 fully saturated rings. The third kappa shape index (κ3) is 9.13. The Labute approximate surface area is 256 Å². The fourth-order valence-electron chi connectivity index (χ4n) is 5.36. The predicted octanol–water partition coefficient (Wildman–Crippen LogP) is 5.83. The quantitative estimate of drug-likeness (QED) is 0.251. The zero-order chi connectivity index (χ0) is 30.1. The highest BCUT2D eigenvalue weighted by Crippen LogP contribution is 2.23. The highest BCUT2D eigenvalue weighted by atomic mass is 79.9. The van der Waals surface area contributed by atoms with Crippen LogP contribution in [0.5, 0.6) is 0 Å². The Balaban J connectivity index is 1.58. The average molecular weight is 659 g/mol. The van der Waals surface area contributed by atoms with E-state index in [9.17, 15) is 22.4 Å². The molecular weight excluding hydrogens is 621 g/mol. The van der Waals surface area contributed by atoms with E-state index in [1.807, 2.05) is 54.6 Å². The molecule has 1 saturated carbocycles. The highest BCUT2D eigenvalue weighted by Gasteiger charge is 2.32. The van der Waals surface area contributed by atoms with Crippen molar-refractivity contribution < 1.29 is 22.4 Å². The van der Waals surface area contributed by atoms with Gasteiger partial charge in [-0.05, 0) is 66.8 Å². The van der Waals surface area contributed by atoms with Gasteiger partial charge in [-0.15, -0.1) is 0 Å². The van der Waals surface area contributed by atoms with Crippen molar-refractivity contribution in [3.63, 3.8) is 0 Å². The van der Waals surface area contributed by atoms with Gasteiger partial charge in [0.05, 0.1) is 11.9 Å². The van der Waals surface area contributed by atoms with Gasteiger partial charge < -0.3 is 10.2 Å². The minimum atomic E-state index is -3.67.